The van der Waals surface area contributed by atoms with Crippen molar-refractivity contribution < 1.29 is 9.90 Å². The Kier molecular flexibility index (Phi) is 4.33. The summed E-state index contributed by atoms with van der Waals surface area (Å²) in [5, 5.41) is 9.07. The highest BCUT2D eigenvalue weighted by atomic mass is 16.3. The maximum absolute atomic E-state index is 12.1. The molecule has 2 rings (SSSR count). The zero-order valence-electron chi connectivity index (χ0n) is 10.5. The van der Waals surface area contributed by atoms with Crippen molar-refractivity contribution in [1.29, 1.82) is 0 Å². The van der Waals surface area contributed by atoms with Gasteiger partial charge in [-0.2, -0.15) is 0 Å². The van der Waals surface area contributed by atoms with Crippen LogP contribution in [-0.2, 0) is 11.2 Å². The number of carbonyl (C=O) groups excluding carboxylic acids is 1. The van der Waals surface area contributed by atoms with Crippen LogP contribution in [0.4, 0.5) is 0 Å². The highest BCUT2D eigenvalue weighted by molar-refractivity contribution is 5.82. The topological polar surface area (TPSA) is 66.6 Å². The molecule has 1 aromatic carbocycles. The van der Waals surface area contributed by atoms with Crippen molar-refractivity contribution in [3.63, 3.8) is 0 Å². The first-order valence-corrected chi connectivity index (χ1v) is 6.40. The van der Waals surface area contributed by atoms with Crippen LogP contribution >= 0.6 is 0 Å². The van der Waals surface area contributed by atoms with Crippen LogP contribution in [0, 0.1) is 5.92 Å². The molecular formula is C14H20N2O2. The Labute approximate surface area is 107 Å². The lowest BCUT2D eigenvalue weighted by molar-refractivity contribution is -0.131. The van der Waals surface area contributed by atoms with Gasteiger partial charge < -0.3 is 15.7 Å². The van der Waals surface area contributed by atoms with Gasteiger partial charge in [0.15, 0.2) is 0 Å². The largest absolute Gasteiger partial charge is 0.396 e. The predicted octanol–water partition coefficient (Wildman–Crippen LogP) is 0.397. The molecule has 1 fully saturated rings. The van der Waals surface area contributed by atoms with Crippen LogP contribution in [0.2, 0.25) is 0 Å². The zero-order valence-corrected chi connectivity index (χ0v) is 10.5. The summed E-state index contributed by atoms with van der Waals surface area (Å²) in [5.74, 6) is 0.215. The Balaban J connectivity index is 1.89. The van der Waals surface area contributed by atoms with Crippen molar-refractivity contribution in [2.45, 2.75) is 18.9 Å². The first kappa shape index (κ1) is 13.1. The van der Waals surface area contributed by atoms with Crippen LogP contribution in [0.1, 0.15) is 12.0 Å². The number of rotatable bonds is 4. The van der Waals surface area contributed by atoms with Crippen LogP contribution in [0.15, 0.2) is 30.3 Å². The smallest absolute Gasteiger partial charge is 0.239 e. The van der Waals surface area contributed by atoms with Gasteiger partial charge in [0.2, 0.25) is 5.91 Å². The lowest BCUT2D eigenvalue weighted by Gasteiger charge is -2.20. The summed E-state index contributed by atoms with van der Waals surface area (Å²) in [7, 11) is 0. The molecule has 0 spiro atoms. The van der Waals surface area contributed by atoms with Gasteiger partial charge in [-0.1, -0.05) is 30.3 Å². The molecule has 1 aromatic rings. The van der Waals surface area contributed by atoms with E-state index in [1.54, 1.807) is 4.90 Å². The highest BCUT2D eigenvalue weighted by Gasteiger charge is 2.28. The molecule has 0 aliphatic carbocycles. The van der Waals surface area contributed by atoms with E-state index in [2.05, 4.69) is 0 Å². The monoisotopic (exact) mass is 248 g/mol. The van der Waals surface area contributed by atoms with Crippen molar-refractivity contribution in [1.82, 2.24) is 4.90 Å². The van der Waals surface area contributed by atoms with E-state index in [-0.39, 0.29) is 18.4 Å². The number of carbonyl (C=O) groups is 1. The second-order valence-electron chi connectivity index (χ2n) is 4.92. The van der Waals surface area contributed by atoms with Crippen molar-refractivity contribution in [2.24, 2.45) is 11.7 Å². The van der Waals surface area contributed by atoms with E-state index in [9.17, 15) is 4.79 Å². The molecular weight excluding hydrogens is 228 g/mol. The minimum Gasteiger partial charge on any atom is -0.396 e. The summed E-state index contributed by atoms with van der Waals surface area (Å²) in [6.07, 6.45) is 1.44. The second kappa shape index (κ2) is 5.98. The van der Waals surface area contributed by atoms with Gasteiger partial charge in [-0.25, -0.2) is 0 Å². The number of benzene rings is 1. The van der Waals surface area contributed by atoms with E-state index < -0.39 is 6.04 Å². The third-order valence-corrected chi connectivity index (χ3v) is 3.47. The fourth-order valence-corrected chi connectivity index (χ4v) is 2.37. The van der Waals surface area contributed by atoms with Gasteiger partial charge in [-0.05, 0) is 18.4 Å². The average molecular weight is 248 g/mol. The molecule has 2 atom stereocenters. The Bertz CT molecular complexity index is 394. The molecule has 1 heterocycles. The molecule has 0 bridgehead atoms. The molecule has 1 aliphatic heterocycles. The lowest BCUT2D eigenvalue weighted by Crippen LogP contribution is -2.44. The molecule has 4 nitrogen and oxygen atoms in total. The highest BCUT2D eigenvalue weighted by Crippen LogP contribution is 2.16. The quantitative estimate of drug-likeness (QED) is 0.810. The van der Waals surface area contributed by atoms with E-state index in [4.69, 9.17) is 10.8 Å². The first-order chi connectivity index (χ1) is 8.70. The van der Waals surface area contributed by atoms with Crippen LogP contribution in [0.3, 0.4) is 0 Å². The van der Waals surface area contributed by atoms with E-state index in [0.717, 1.165) is 12.0 Å². The normalized spacial score (nSPS) is 21.0. The fraction of sp³-hybridized carbons (Fsp3) is 0.500. The SMILES string of the molecule is N[C@H](Cc1ccccc1)C(=O)N1CCC(CO)C1. The van der Waals surface area contributed by atoms with Gasteiger partial charge in [0.05, 0.1) is 6.04 Å². The third-order valence-electron chi connectivity index (χ3n) is 3.47. The van der Waals surface area contributed by atoms with Crippen LogP contribution in [0.5, 0.6) is 0 Å². The van der Waals surface area contributed by atoms with Gasteiger partial charge in [0.1, 0.15) is 0 Å². The Hall–Kier alpha value is -1.39. The molecule has 1 amide bonds. The van der Waals surface area contributed by atoms with Crippen molar-refractivity contribution in [3.05, 3.63) is 35.9 Å². The van der Waals surface area contributed by atoms with Crippen molar-refractivity contribution in [3.8, 4) is 0 Å². The molecule has 98 valence electrons. The summed E-state index contributed by atoms with van der Waals surface area (Å²) in [4.78, 5) is 13.9. The first-order valence-electron chi connectivity index (χ1n) is 6.40. The number of hydrogen-bond donors (Lipinski definition) is 2. The third kappa shape index (κ3) is 3.09. The van der Waals surface area contributed by atoms with E-state index in [1.807, 2.05) is 30.3 Å². The van der Waals surface area contributed by atoms with E-state index in [0.29, 0.717) is 19.5 Å². The van der Waals surface area contributed by atoms with Gasteiger partial charge in [-0.15, -0.1) is 0 Å². The molecule has 3 N–H and O–H groups in total. The summed E-state index contributed by atoms with van der Waals surface area (Å²) in [6, 6.07) is 9.32. The number of aliphatic hydroxyl groups excluding tert-OH is 1. The summed E-state index contributed by atoms with van der Waals surface area (Å²) >= 11 is 0. The summed E-state index contributed by atoms with van der Waals surface area (Å²) in [5.41, 5.74) is 7.04. The summed E-state index contributed by atoms with van der Waals surface area (Å²) < 4.78 is 0. The van der Waals surface area contributed by atoms with Crippen LogP contribution < -0.4 is 5.73 Å². The molecule has 1 aliphatic rings. The van der Waals surface area contributed by atoms with Gasteiger partial charge in [0.25, 0.3) is 0 Å². The molecule has 1 unspecified atom stereocenters. The zero-order chi connectivity index (χ0) is 13.0. The number of likely N-dealkylation sites (tertiary alicyclic amines) is 1. The van der Waals surface area contributed by atoms with Gasteiger partial charge in [-0.3, -0.25) is 4.79 Å². The molecule has 0 aromatic heterocycles. The van der Waals surface area contributed by atoms with E-state index >= 15 is 0 Å². The molecule has 18 heavy (non-hydrogen) atoms. The molecule has 4 heteroatoms. The van der Waals surface area contributed by atoms with Crippen molar-refractivity contribution in [2.75, 3.05) is 19.7 Å². The molecule has 1 saturated heterocycles. The van der Waals surface area contributed by atoms with Crippen LogP contribution in [-0.4, -0.2) is 41.7 Å². The Morgan fingerprint density at radius 2 is 2.17 bits per heavy atom. The van der Waals surface area contributed by atoms with Gasteiger partial charge in [0, 0.05) is 25.6 Å². The molecule has 0 radical (unpaired) electrons. The Morgan fingerprint density at radius 1 is 1.44 bits per heavy atom. The number of aliphatic hydroxyl groups is 1. The minimum atomic E-state index is -0.482. The maximum atomic E-state index is 12.1. The number of hydrogen-bond acceptors (Lipinski definition) is 3. The maximum Gasteiger partial charge on any atom is 0.239 e. The summed E-state index contributed by atoms with van der Waals surface area (Å²) in [6.45, 7) is 1.50. The van der Waals surface area contributed by atoms with Crippen molar-refractivity contribution >= 4 is 5.91 Å². The minimum absolute atomic E-state index is 0.00481. The lowest BCUT2D eigenvalue weighted by atomic mass is 10.1. The fourth-order valence-electron chi connectivity index (χ4n) is 2.37. The number of amides is 1. The average Bonchev–Trinajstić information content (AvgIpc) is 2.87. The Morgan fingerprint density at radius 3 is 2.78 bits per heavy atom. The van der Waals surface area contributed by atoms with Gasteiger partial charge >= 0.3 is 0 Å². The van der Waals surface area contributed by atoms with E-state index in [1.165, 1.54) is 0 Å². The molecule has 0 saturated carbocycles. The standard InChI is InChI=1S/C14H20N2O2/c15-13(8-11-4-2-1-3-5-11)14(18)16-7-6-12(9-16)10-17/h1-5,12-13,17H,6-10,15H2/t12?,13-/m1/s1. The second-order valence-corrected chi connectivity index (χ2v) is 4.92. The number of nitrogens with two attached hydrogens (primary N) is 1. The van der Waals surface area contributed by atoms with Crippen LogP contribution in [0.25, 0.3) is 0 Å². The predicted molar refractivity (Wildman–Crippen MR) is 69.9 cm³/mol. The number of nitrogens with zero attached hydrogens (tertiary/aromatic N) is 1.